The number of Topliss-reactive ketones (excluding diaryl/α,β-unsaturated/α-hetero) is 1. The molecule has 0 atom stereocenters. The van der Waals surface area contributed by atoms with Crippen molar-refractivity contribution in [3.63, 3.8) is 0 Å². The second-order valence-corrected chi connectivity index (χ2v) is 6.76. The van der Waals surface area contributed by atoms with Gasteiger partial charge in [-0.15, -0.1) is 0 Å². The molecule has 0 spiro atoms. The minimum atomic E-state index is 0.285. The Kier molecular flexibility index (Phi) is 7.80. The third-order valence-electron chi connectivity index (χ3n) is 4.89. The van der Waals surface area contributed by atoms with Crippen LogP contribution in [0.1, 0.15) is 26.7 Å². The standard InChI is InChI=1S/C17H33N3O2/c1-3-22-13-12-18-6-4-17(5-7-18)15-20-10-8-19(9-11-20)14-16(2)21/h17H,3-15H2,1-2H3. The van der Waals surface area contributed by atoms with E-state index < -0.39 is 0 Å². The summed E-state index contributed by atoms with van der Waals surface area (Å²) in [6.07, 6.45) is 2.64. The summed E-state index contributed by atoms with van der Waals surface area (Å²) in [6, 6.07) is 0. The summed E-state index contributed by atoms with van der Waals surface area (Å²) >= 11 is 0. The smallest absolute Gasteiger partial charge is 0.143 e. The molecule has 5 nitrogen and oxygen atoms in total. The first-order valence-electron chi connectivity index (χ1n) is 8.91. The van der Waals surface area contributed by atoms with Crippen LogP contribution < -0.4 is 0 Å². The van der Waals surface area contributed by atoms with Crippen LogP contribution in [0.4, 0.5) is 0 Å². The van der Waals surface area contributed by atoms with Gasteiger partial charge in [-0.05, 0) is 45.7 Å². The SMILES string of the molecule is CCOCCN1CCC(CN2CCN(CC(C)=O)CC2)CC1. The third-order valence-corrected chi connectivity index (χ3v) is 4.89. The number of piperazine rings is 1. The summed E-state index contributed by atoms with van der Waals surface area (Å²) < 4.78 is 5.44. The number of hydrogen-bond acceptors (Lipinski definition) is 5. The fraction of sp³-hybridized carbons (Fsp3) is 0.941. The molecule has 0 aromatic rings. The highest BCUT2D eigenvalue weighted by Gasteiger charge is 2.23. The van der Waals surface area contributed by atoms with E-state index in [-0.39, 0.29) is 5.78 Å². The van der Waals surface area contributed by atoms with E-state index in [0.717, 1.165) is 51.9 Å². The fourth-order valence-electron chi connectivity index (χ4n) is 3.54. The second kappa shape index (κ2) is 9.60. The molecule has 2 saturated heterocycles. The minimum Gasteiger partial charge on any atom is -0.380 e. The lowest BCUT2D eigenvalue weighted by atomic mass is 9.96. The molecule has 128 valence electrons. The lowest BCUT2D eigenvalue weighted by molar-refractivity contribution is -0.118. The van der Waals surface area contributed by atoms with E-state index in [1.807, 2.05) is 0 Å². The molecule has 2 fully saturated rings. The molecule has 0 N–H and O–H groups in total. The van der Waals surface area contributed by atoms with Gasteiger partial charge in [0.25, 0.3) is 0 Å². The number of nitrogens with zero attached hydrogens (tertiary/aromatic N) is 3. The van der Waals surface area contributed by atoms with Crippen molar-refractivity contribution >= 4 is 5.78 Å². The first-order valence-corrected chi connectivity index (χ1v) is 8.91. The van der Waals surface area contributed by atoms with Gasteiger partial charge in [-0.3, -0.25) is 9.69 Å². The average molecular weight is 311 g/mol. The van der Waals surface area contributed by atoms with Gasteiger partial charge in [-0.25, -0.2) is 0 Å². The number of carbonyl (C=O) groups excluding carboxylic acids is 1. The number of carbonyl (C=O) groups is 1. The van der Waals surface area contributed by atoms with Gasteiger partial charge in [0.1, 0.15) is 5.78 Å². The van der Waals surface area contributed by atoms with Gasteiger partial charge in [0.15, 0.2) is 0 Å². The molecule has 0 bridgehead atoms. The van der Waals surface area contributed by atoms with Crippen molar-refractivity contribution in [1.29, 1.82) is 0 Å². The Morgan fingerprint density at radius 3 is 2.23 bits per heavy atom. The molecule has 2 heterocycles. The van der Waals surface area contributed by atoms with Crippen LogP contribution in [-0.4, -0.2) is 92.6 Å². The molecule has 22 heavy (non-hydrogen) atoms. The Hall–Kier alpha value is -0.490. The molecule has 0 unspecified atom stereocenters. The summed E-state index contributed by atoms with van der Waals surface area (Å²) in [5, 5.41) is 0. The number of rotatable bonds is 8. The highest BCUT2D eigenvalue weighted by Crippen LogP contribution is 2.19. The topological polar surface area (TPSA) is 36.0 Å². The monoisotopic (exact) mass is 311 g/mol. The Morgan fingerprint density at radius 1 is 1.00 bits per heavy atom. The lowest BCUT2D eigenvalue weighted by Crippen LogP contribution is -2.49. The first kappa shape index (κ1) is 17.9. The number of piperidine rings is 1. The number of ether oxygens (including phenoxy) is 1. The average Bonchev–Trinajstić information content (AvgIpc) is 2.51. The van der Waals surface area contributed by atoms with E-state index in [2.05, 4.69) is 21.6 Å². The quantitative estimate of drug-likeness (QED) is 0.624. The number of ketones is 1. The maximum atomic E-state index is 11.2. The van der Waals surface area contributed by atoms with Gasteiger partial charge < -0.3 is 14.5 Å². The van der Waals surface area contributed by atoms with Crippen molar-refractivity contribution in [3.05, 3.63) is 0 Å². The molecule has 0 amide bonds. The van der Waals surface area contributed by atoms with Crippen LogP contribution in [0.25, 0.3) is 0 Å². The van der Waals surface area contributed by atoms with E-state index >= 15 is 0 Å². The van der Waals surface area contributed by atoms with Crippen LogP contribution in [0.15, 0.2) is 0 Å². The van der Waals surface area contributed by atoms with Crippen LogP contribution in [-0.2, 0) is 9.53 Å². The third kappa shape index (κ3) is 6.32. The lowest BCUT2D eigenvalue weighted by Gasteiger charge is -2.38. The molecule has 5 heteroatoms. The molecule has 0 saturated carbocycles. The maximum absolute atomic E-state index is 11.2. The molecular weight excluding hydrogens is 278 g/mol. The number of hydrogen-bond donors (Lipinski definition) is 0. The summed E-state index contributed by atoms with van der Waals surface area (Å²) in [6.45, 7) is 15.2. The van der Waals surface area contributed by atoms with Gasteiger partial charge in [-0.2, -0.15) is 0 Å². The number of likely N-dealkylation sites (tertiary alicyclic amines) is 1. The largest absolute Gasteiger partial charge is 0.380 e. The van der Waals surface area contributed by atoms with Gasteiger partial charge in [0.05, 0.1) is 13.2 Å². The van der Waals surface area contributed by atoms with E-state index in [1.54, 1.807) is 6.92 Å². The van der Waals surface area contributed by atoms with Crippen molar-refractivity contribution in [2.75, 3.05) is 72.1 Å². The Balaban J connectivity index is 1.58. The van der Waals surface area contributed by atoms with Gasteiger partial charge in [-0.1, -0.05) is 0 Å². The normalized spacial score (nSPS) is 23.0. The van der Waals surface area contributed by atoms with E-state index in [4.69, 9.17) is 4.74 Å². The molecule has 2 aliphatic heterocycles. The molecule has 0 aromatic carbocycles. The fourth-order valence-corrected chi connectivity index (χ4v) is 3.54. The van der Waals surface area contributed by atoms with Crippen molar-refractivity contribution in [1.82, 2.24) is 14.7 Å². The molecule has 0 radical (unpaired) electrons. The highest BCUT2D eigenvalue weighted by atomic mass is 16.5. The van der Waals surface area contributed by atoms with Crippen molar-refractivity contribution in [3.8, 4) is 0 Å². The van der Waals surface area contributed by atoms with Crippen LogP contribution in [0.5, 0.6) is 0 Å². The Bertz CT molecular complexity index is 322. The summed E-state index contributed by atoms with van der Waals surface area (Å²) in [5.41, 5.74) is 0. The van der Waals surface area contributed by atoms with Crippen LogP contribution >= 0.6 is 0 Å². The van der Waals surface area contributed by atoms with E-state index in [0.29, 0.717) is 6.54 Å². The molecule has 2 aliphatic rings. The molecule has 2 rings (SSSR count). The highest BCUT2D eigenvalue weighted by molar-refractivity contribution is 5.77. The summed E-state index contributed by atoms with van der Waals surface area (Å²) in [5.74, 6) is 1.13. The van der Waals surface area contributed by atoms with Crippen molar-refractivity contribution in [2.24, 2.45) is 5.92 Å². The van der Waals surface area contributed by atoms with E-state index in [9.17, 15) is 4.79 Å². The van der Waals surface area contributed by atoms with Crippen molar-refractivity contribution < 1.29 is 9.53 Å². The maximum Gasteiger partial charge on any atom is 0.143 e. The first-order chi connectivity index (χ1) is 10.7. The predicted octanol–water partition coefficient (Wildman–Crippen LogP) is 0.942. The van der Waals surface area contributed by atoms with Crippen LogP contribution in [0, 0.1) is 5.92 Å². The van der Waals surface area contributed by atoms with E-state index in [1.165, 1.54) is 32.5 Å². The van der Waals surface area contributed by atoms with Crippen LogP contribution in [0.2, 0.25) is 0 Å². The summed E-state index contributed by atoms with van der Waals surface area (Å²) in [7, 11) is 0. The van der Waals surface area contributed by atoms with Crippen LogP contribution in [0.3, 0.4) is 0 Å². The van der Waals surface area contributed by atoms with Crippen molar-refractivity contribution in [2.45, 2.75) is 26.7 Å². The van der Waals surface area contributed by atoms with Gasteiger partial charge in [0, 0.05) is 45.9 Å². The minimum absolute atomic E-state index is 0.285. The predicted molar refractivity (Wildman–Crippen MR) is 89.2 cm³/mol. The zero-order valence-electron chi connectivity index (χ0n) is 14.4. The Labute approximate surface area is 135 Å². The second-order valence-electron chi connectivity index (χ2n) is 6.76. The van der Waals surface area contributed by atoms with Gasteiger partial charge >= 0.3 is 0 Å². The molecule has 0 aromatic heterocycles. The molecule has 0 aliphatic carbocycles. The van der Waals surface area contributed by atoms with Gasteiger partial charge in [0.2, 0.25) is 0 Å². The Morgan fingerprint density at radius 2 is 1.64 bits per heavy atom. The molecular formula is C17H33N3O2. The summed E-state index contributed by atoms with van der Waals surface area (Å²) in [4.78, 5) is 18.6. The zero-order chi connectivity index (χ0) is 15.8. The zero-order valence-corrected chi connectivity index (χ0v) is 14.4.